The van der Waals surface area contributed by atoms with Crippen LogP contribution in [0.2, 0.25) is 0 Å². The molecule has 1 fully saturated rings. The molecule has 0 radical (unpaired) electrons. The van der Waals surface area contributed by atoms with Crippen molar-refractivity contribution in [3.05, 3.63) is 35.4 Å². The third-order valence-corrected chi connectivity index (χ3v) is 5.06. The van der Waals surface area contributed by atoms with Crippen LogP contribution in [-0.2, 0) is 12.8 Å². The van der Waals surface area contributed by atoms with Crippen LogP contribution >= 0.6 is 0 Å². The maximum atomic E-state index is 6.16. The monoisotopic (exact) mass is 259 g/mol. The molecular weight excluding hydrogens is 230 g/mol. The highest BCUT2D eigenvalue weighted by atomic mass is 14.6. The fourth-order valence-electron chi connectivity index (χ4n) is 3.67. The van der Waals surface area contributed by atoms with Crippen LogP contribution in [0.25, 0.3) is 0 Å². The first kappa shape index (κ1) is 14.6. The standard InChI is InChI=1S/C18H29N/c1-3-15-7-9-17(10-8-15)13-18(14-19)11-5-6-16(4-2)12-18/h7-10,16H,3-6,11-14,19H2,1-2H3. The molecule has 106 valence electrons. The van der Waals surface area contributed by atoms with Gasteiger partial charge in [-0.3, -0.25) is 0 Å². The molecule has 2 rings (SSSR count). The average Bonchev–Trinajstić information content (AvgIpc) is 2.48. The largest absolute Gasteiger partial charge is 0.330 e. The fraction of sp³-hybridized carbons (Fsp3) is 0.667. The van der Waals surface area contributed by atoms with Gasteiger partial charge in [0, 0.05) is 0 Å². The van der Waals surface area contributed by atoms with Crippen LogP contribution in [-0.4, -0.2) is 6.54 Å². The van der Waals surface area contributed by atoms with Crippen LogP contribution in [0.1, 0.15) is 57.1 Å². The Morgan fingerprint density at radius 1 is 1.16 bits per heavy atom. The second-order valence-corrected chi connectivity index (χ2v) is 6.42. The second kappa shape index (κ2) is 6.56. The van der Waals surface area contributed by atoms with Crippen molar-refractivity contribution in [1.29, 1.82) is 0 Å². The Hall–Kier alpha value is -0.820. The summed E-state index contributed by atoms with van der Waals surface area (Å²) < 4.78 is 0. The molecular formula is C18H29N. The van der Waals surface area contributed by atoms with Crippen molar-refractivity contribution in [2.45, 2.75) is 58.8 Å². The summed E-state index contributed by atoms with van der Waals surface area (Å²) in [5.74, 6) is 0.896. The van der Waals surface area contributed by atoms with Gasteiger partial charge in [0.2, 0.25) is 0 Å². The maximum Gasteiger partial charge on any atom is -0.00172 e. The van der Waals surface area contributed by atoms with Crippen molar-refractivity contribution in [2.75, 3.05) is 6.54 Å². The van der Waals surface area contributed by atoms with Gasteiger partial charge in [-0.15, -0.1) is 0 Å². The average molecular weight is 259 g/mol. The topological polar surface area (TPSA) is 26.0 Å². The van der Waals surface area contributed by atoms with Gasteiger partial charge < -0.3 is 5.73 Å². The van der Waals surface area contributed by atoms with E-state index in [4.69, 9.17) is 5.73 Å². The van der Waals surface area contributed by atoms with Crippen molar-refractivity contribution < 1.29 is 0 Å². The van der Waals surface area contributed by atoms with E-state index in [0.717, 1.165) is 18.9 Å². The zero-order valence-electron chi connectivity index (χ0n) is 12.6. The molecule has 0 heterocycles. The van der Waals surface area contributed by atoms with Gasteiger partial charge >= 0.3 is 0 Å². The van der Waals surface area contributed by atoms with Crippen LogP contribution in [0.4, 0.5) is 0 Å². The molecule has 0 bridgehead atoms. The highest BCUT2D eigenvalue weighted by Crippen LogP contribution is 2.42. The summed E-state index contributed by atoms with van der Waals surface area (Å²) in [6.07, 6.45) is 9.03. The minimum Gasteiger partial charge on any atom is -0.330 e. The first-order chi connectivity index (χ1) is 9.21. The molecule has 0 saturated heterocycles. The number of nitrogens with two attached hydrogens (primary N) is 1. The van der Waals surface area contributed by atoms with Crippen molar-refractivity contribution >= 4 is 0 Å². The van der Waals surface area contributed by atoms with Crippen LogP contribution < -0.4 is 5.73 Å². The number of rotatable bonds is 5. The van der Waals surface area contributed by atoms with Gasteiger partial charge in [0.05, 0.1) is 0 Å². The van der Waals surface area contributed by atoms with E-state index in [1.807, 2.05) is 0 Å². The van der Waals surface area contributed by atoms with Crippen molar-refractivity contribution in [1.82, 2.24) is 0 Å². The van der Waals surface area contributed by atoms with Gasteiger partial charge in [-0.2, -0.15) is 0 Å². The fourth-order valence-corrected chi connectivity index (χ4v) is 3.67. The normalized spacial score (nSPS) is 27.4. The molecule has 0 amide bonds. The molecule has 19 heavy (non-hydrogen) atoms. The number of hydrogen-bond acceptors (Lipinski definition) is 1. The Morgan fingerprint density at radius 3 is 2.42 bits per heavy atom. The third-order valence-electron chi connectivity index (χ3n) is 5.06. The first-order valence-electron chi connectivity index (χ1n) is 7.99. The SMILES string of the molecule is CCc1ccc(CC2(CN)CCCC(CC)C2)cc1. The van der Waals surface area contributed by atoms with Crippen molar-refractivity contribution in [3.63, 3.8) is 0 Å². The molecule has 0 spiro atoms. The van der Waals surface area contributed by atoms with Crippen LogP contribution in [0, 0.1) is 11.3 Å². The van der Waals surface area contributed by atoms with E-state index >= 15 is 0 Å². The second-order valence-electron chi connectivity index (χ2n) is 6.42. The summed E-state index contributed by atoms with van der Waals surface area (Å²) in [4.78, 5) is 0. The van der Waals surface area contributed by atoms with E-state index < -0.39 is 0 Å². The minimum atomic E-state index is 0.368. The summed E-state index contributed by atoms with van der Waals surface area (Å²) in [6.45, 7) is 5.38. The predicted octanol–water partition coefficient (Wildman–Crippen LogP) is 4.34. The van der Waals surface area contributed by atoms with E-state index in [-0.39, 0.29) is 0 Å². The van der Waals surface area contributed by atoms with Crippen LogP contribution in [0.5, 0.6) is 0 Å². The third kappa shape index (κ3) is 3.60. The smallest absolute Gasteiger partial charge is 0.00172 e. The lowest BCUT2D eigenvalue weighted by Gasteiger charge is -2.40. The summed E-state index contributed by atoms with van der Waals surface area (Å²) in [5, 5.41) is 0. The Kier molecular flexibility index (Phi) is 5.04. The molecule has 1 aliphatic carbocycles. The van der Waals surface area contributed by atoms with Crippen molar-refractivity contribution in [2.24, 2.45) is 17.1 Å². The van der Waals surface area contributed by atoms with Crippen molar-refractivity contribution in [3.8, 4) is 0 Å². The predicted molar refractivity (Wildman–Crippen MR) is 83.3 cm³/mol. The van der Waals surface area contributed by atoms with Crippen LogP contribution in [0.15, 0.2) is 24.3 Å². The molecule has 1 saturated carbocycles. The molecule has 2 atom stereocenters. The number of benzene rings is 1. The van der Waals surface area contributed by atoms with E-state index in [1.165, 1.54) is 49.7 Å². The highest BCUT2D eigenvalue weighted by Gasteiger charge is 2.34. The van der Waals surface area contributed by atoms with Gasteiger partial charge in [0.15, 0.2) is 0 Å². The van der Waals surface area contributed by atoms with E-state index in [9.17, 15) is 0 Å². The molecule has 1 nitrogen and oxygen atoms in total. The van der Waals surface area contributed by atoms with E-state index in [0.29, 0.717) is 5.41 Å². The Bertz CT molecular complexity index is 381. The summed E-state index contributed by atoms with van der Waals surface area (Å²) >= 11 is 0. The molecule has 1 heteroatoms. The first-order valence-corrected chi connectivity index (χ1v) is 7.99. The number of aryl methyl sites for hydroxylation is 1. The molecule has 1 aromatic rings. The molecule has 0 aliphatic heterocycles. The summed E-state index contributed by atoms with van der Waals surface area (Å²) in [7, 11) is 0. The van der Waals surface area contributed by atoms with Gasteiger partial charge in [-0.25, -0.2) is 0 Å². The van der Waals surface area contributed by atoms with E-state index in [2.05, 4.69) is 38.1 Å². The molecule has 2 unspecified atom stereocenters. The van der Waals surface area contributed by atoms with Gasteiger partial charge in [0.1, 0.15) is 0 Å². The lowest BCUT2D eigenvalue weighted by molar-refractivity contribution is 0.142. The lowest BCUT2D eigenvalue weighted by Crippen LogP contribution is -2.37. The molecule has 1 aromatic carbocycles. The Labute approximate surface area is 118 Å². The summed E-state index contributed by atoms with van der Waals surface area (Å²) in [5.41, 5.74) is 9.43. The minimum absolute atomic E-state index is 0.368. The van der Waals surface area contributed by atoms with Gasteiger partial charge in [-0.05, 0) is 54.7 Å². The summed E-state index contributed by atoms with van der Waals surface area (Å²) in [6, 6.07) is 9.18. The van der Waals surface area contributed by atoms with Gasteiger partial charge in [0.25, 0.3) is 0 Å². The quantitative estimate of drug-likeness (QED) is 0.836. The highest BCUT2D eigenvalue weighted by molar-refractivity contribution is 5.23. The zero-order chi connectivity index (χ0) is 13.7. The van der Waals surface area contributed by atoms with E-state index in [1.54, 1.807) is 0 Å². The Morgan fingerprint density at radius 2 is 1.84 bits per heavy atom. The van der Waals surface area contributed by atoms with Gasteiger partial charge in [-0.1, -0.05) is 57.4 Å². The Balaban J connectivity index is 2.08. The maximum absolute atomic E-state index is 6.16. The lowest BCUT2D eigenvalue weighted by atomic mass is 9.66. The molecule has 0 aromatic heterocycles. The molecule has 2 N–H and O–H groups in total. The zero-order valence-corrected chi connectivity index (χ0v) is 12.6. The molecule has 1 aliphatic rings. The van der Waals surface area contributed by atoms with Crippen LogP contribution in [0.3, 0.4) is 0 Å². The number of hydrogen-bond donors (Lipinski definition) is 1.